The Hall–Kier alpha value is -2.91. The molecule has 2 fully saturated rings. The largest absolute Gasteiger partial charge is 0.457 e. The van der Waals surface area contributed by atoms with Gasteiger partial charge in [-0.05, 0) is 86.9 Å². The standard InChI is InChI=1S/C26H30N4O2/c1-19-20(4-5-22-23(19)18-32-25(22)31)6-12-29-13-7-26(8-14-29)9-15-30(16-10-26)24-21(17-27)3-2-11-28-24/h2-5,11H,6-10,12-16,18H2,1H3. The Morgan fingerprint density at radius 2 is 1.88 bits per heavy atom. The van der Waals surface area contributed by atoms with Crippen molar-refractivity contribution in [2.24, 2.45) is 5.41 Å². The molecule has 4 heterocycles. The molecule has 0 bridgehead atoms. The first kappa shape index (κ1) is 21.0. The van der Waals surface area contributed by atoms with Gasteiger partial charge in [0.2, 0.25) is 0 Å². The van der Waals surface area contributed by atoms with E-state index in [1.165, 1.54) is 36.8 Å². The Balaban J connectivity index is 1.14. The average Bonchev–Trinajstić information content (AvgIpc) is 3.22. The van der Waals surface area contributed by atoms with Crippen molar-refractivity contribution in [1.82, 2.24) is 9.88 Å². The number of ether oxygens (including phenoxy) is 1. The van der Waals surface area contributed by atoms with Crippen LogP contribution in [0.15, 0.2) is 30.5 Å². The number of fused-ring (bicyclic) bond motifs is 1. The number of aromatic nitrogens is 1. The van der Waals surface area contributed by atoms with E-state index in [1.807, 2.05) is 18.2 Å². The number of rotatable bonds is 4. The van der Waals surface area contributed by atoms with E-state index in [1.54, 1.807) is 6.20 Å². The summed E-state index contributed by atoms with van der Waals surface area (Å²) in [6.07, 6.45) is 7.66. The van der Waals surface area contributed by atoms with Crippen molar-refractivity contribution >= 4 is 11.8 Å². The minimum Gasteiger partial charge on any atom is -0.457 e. The lowest BCUT2D eigenvalue weighted by molar-refractivity contribution is 0.0535. The van der Waals surface area contributed by atoms with Gasteiger partial charge in [0.1, 0.15) is 18.5 Å². The third-order valence-electron chi connectivity index (χ3n) is 7.92. The number of nitriles is 1. The molecule has 0 N–H and O–H groups in total. The van der Waals surface area contributed by atoms with Gasteiger partial charge in [0.25, 0.3) is 0 Å². The van der Waals surface area contributed by atoms with E-state index in [0.29, 0.717) is 17.6 Å². The quantitative estimate of drug-likeness (QED) is 0.686. The lowest BCUT2D eigenvalue weighted by atomic mass is 9.71. The minimum absolute atomic E-state index is 0.186. The van der Waals surface area contributed by atoms with Crippen molar-refractivity contribution in [3.63, 3.8) is 0 Å². The predicted octanol–water partition coefficient (Wildman–Crippen LogP) is 3.86. The number of hydrogen-bond acceptors (Lipinski definition) is 6. The number of nitrogens with zero attached hydrogens (tertiary/aromatic N) is 4. The maximum Gasteiger partial charge on any atom is 0.338 e. The molecule has 6 heteroatoms. The first-order valence-electron chi connectivity index (χ1n) is 11.7. The first-order chi connectivity index (χ1) is 15.6. The second kappa shape index (κ2) is 8.55. The van der Waals surface area contributed by atoms with Gasteiger partial charge in [0.15, 0.2) is 0 Å². The zero-order valence-electron chi connectivity index (χ0n) is 18.8. The van der Waals surface area contributed by atoms with Crippen LogP contribution in [0.1, 0.15) is 58.3 Å². The van der Waals surface area contributed by atoms with Crippen LogP contribution in [0.3, 0.4) is 0 Å². The molecule has 2 saturated heterocycles. The van der Waals surface area contributed by atoms with Crippen molar-refractivity contribution in [2.45, 2.75) is 45.6 Å². The van der Waals surface area contributed by atoms with Crippen LogP contribution in [0.5, 0.6) is 0 Å². The number of pyridine rings is 1. The summed E-state index contributed by atoms with van der Waals surface area (Å²) in [7, 11) is 0. The first-order valence-corrected chi connectivity index (χ1v) is 11.7. The van der Waals surface area contributed by atoms with Crippen LogP contribution in [0.2, 0.25) is 0 Å². The summed E-state index contributed by atoms with van der Waals surface area (Å²) in [6, 6.07) is 10.0. The van der Waals surface area contributed by atoms with E-state index in [0.717, 1.165) is 56.1 Å². The second-order valence-electron chi connectivity index (χ2n) is 9.52. The maximum absolute atomic E-state index is 11.8. The molecule has 1 spiro atoms. The topological polar surface area (TPSA) is 69.5 Å². The van der Waals surface area contributed by atoms with Crippen LogP contribution in [-0.4, -0.2) is 48.6 Å². The van der Waals surface area contributed by atoms with Crippen molar-refractivity contribution in [1.29, 1.82) is 5.26 Å². The van der Waals surface area contributed by atoms with E-state index < -0.39 is 0 Å². The van der Waals surface area contributed by atoms with Gasteiger partial charge in [-0.1, -0.05) is 6.07 Å². The molecule has 0 aliphatic carbocycles. The fraction of sp³-hybridized carbons (Fsp3) is 0.500. The molecule has 3 aliphatic heterocycles. The molecule has 0 unspecified atom stereocenters. The van der Waals surface area contributed by atoms with Gasteiger partial charge in [-0.15, -0.1) is 0 Å². The smallest absolute Gasteiger partial charge is 0.338 e. The van der Waals surface area contributed by atoms with E-state index in [4.69, 9.17) is 4.74 Å². The number of carbonyl (C=O) groups is 1. The summed E-state index contributed by atoms with van der Waals surface area (Å²) in [5, 5.41) is 9.38. The minimum atomic E-state index is -0.186. The molecule has 2 aromatic rings. The molecule has 5 rings (SSSR count). The Morgan fingerprint density at radius 3 is 2.62 bits per heavy atom. The molecule has 0 saturated carbocycles. The van der Waals surface area contributed by atoms with E-state index >= 15 is 0 Å². The number of anilines is 1. The Kier molecular flexibility index (Phi) is 5.60. The number of hydrogen-bond donors (Lipinski definition) is 0. The van der Waals surface area contributed by atoms with Crippen LogP contribution in [-0.2, 0) is 17.8 Å². The molecule has 1 aromatic heterocycles. The zero-order valence-corrected chi connectivity index (χ0v) is 18.8. The number of esters is 1. The molecule has 1 aromatic carbocycles. The summed E-state index contributed by atoms with van der Waals surface area (Å²) < 4.78 is 5.19. The van der Waals surface area contributed by atoms with Crippen LogP contribution in [0, 0.1) is 23.7 Å². The van der Waals surface area contributed by atoms with E-state index in [-0.39, 0.29) is 5.97 Å². The Bertz CT molecular complexity index is 1060. The third-order valence-corrected chi connectivity index (χ3v) is 7.92. The van der Waals surface area contributed by atoms with Crippen molar-refractivity contribution in [2.75, 3.05) is 37.6 Å². The summed E-state index contributed by atoms with van der Waals surface area (Å²) >= 11 is 0. The third kappa shape index (κ3) is 3.86. The molecule has 32 heavy (non-hydrogen) atoms. The molecular weight excluding hydrogens is 400 g/mol. The number of piperidine rings is 2. The van der Waals surface area contributed by atoms with Crippen molar-refractivity contribution in [3.8, 4) is 6.07 Å². The monoisotopic (exact) mass is 430 g/mol. The normalized spacial score (nSPS) is 20.1. The van der Waals surface area contributed by atoms with Crippen LogP contribution in [0.25, 0.3) is 0 Å². The molecular formula is C26H30N4O2. The van der Waals surface area contributed by atoms with Crippen molar-refractivity contribution < 1.29 is 9.53 Å². The zero-order chi connectivity index (χ0) is 22.1. The van der Waals surface area contributed by atoms with Crippen LogP contribution < -0.4 is 4.90 Å². The van der Waals surface area contributed by atoms with E-state index in [2.05, 4.69) is 33.8 Å². The SMILES string of the molecule is Cc1c(CCN2CCC3(CC2)CCN(c2ncccc2C#N)CC3)ccc2c1COC2=O. The van der Waals surface area contributed by atoms with Gasteiger partial charge >= 0.3 is 5.97 Å². The molecule has 3 aliphatic rings. The highest BCUT2D eigenvalue weighted by Crippen LogP contribution is 2.42. The average molecular weight is 431 g/mol. The number of carbonyl (C=O) groups excluding carboxylic acids is 1. The van der Waals surface area contributed by atoms with Crippen LogP contribution in [0.4, 0.5) is 5.82 Å². The maximum atomic E-state index is 11.8. The lowest BCUT2D eigenvalue weighted by Crippen LogP contribution is -2.47. The summed E-state index contributed by atoms with van der Waals surface area (Å²) in [5.74, 6) is 0.660. The molecule has 6 nitrogen and oxygen atoms in total. The van der Waals surface area contributed by atoms with Gasteiger partial charge in [0, 0.05) is 31.4 Å². The summed E-state index contributed by atoms with van der Waals surface area (Å²) in [4.78, 5) is 21.1. The van der Waals surface area contributed by atoms with Crippen molar-refractivity contribution in [3.05, 3.63) is 58.3 Å². The molecule has 166 valence electrons. The highest BCUT2D eigenvalue weighted by Gasteiger charge is 2.38. The highest BCUT2D eigenvalue weighted by molar-refractivity contribution is 5.93. The van der Waals surface area contributed by atoms with Crippen LogP contribution >= 0.6 is 0 Å². The number of cyclic esters (lactones) is 1. The fourth-order valence-electron chi connectivity index (χ4n) is 5.63. The highest BCUT2D eigenvalue weighted by atomic mass is 16.5. The van der Waals surface area contributed by atoms with Gasteiger partial charge in [-0.2, -0.15) is 5.26 Å². The Morgan fingerprint density at radius 1 is 1.12 bits per heavy atom. The molecule has 0 amide bonds. The van der Waals surface area contributed by atoms with Gasteiger partial charge in [0.05, 0.1) is 11.1 Å². The number of likely N-dealkylation sites (tertiary alicyclic amines) is 1. The second-order valence-corrected chi connectivity index (χ2v) is 9.52. The molecule has 0 radical (unpaired) electrons. The lowest BCUT2D eigenvalue weighted by Gasteiger charge is -2.47. The fourth-order valence-corrected chi connectivity index (χ4v) is 5.63. The van der Waals surface area contributed by atoms with Gasteiger partial charge < -0.3 is 14.5 Å². The number of benzene rings is 1. The van der Waals surface area contributed by atoms with E-state index in [9.17, 15) is 10.1 Å². The summed E-state index contributed by atoms with van der Waals surface area (Å²) in [5.41, 5.74) is 5.49. The van der Waals surface area contributed by atoms with Gasteiger partial charge in [-0.3, -0.25) is 0 Å². The van der Waals surface area contributed by atoms with Gasteiger partial charge in [-0.25, -0.2) is 9.78 Å². The molecule has 0 atom stereocenters. The predicted molar refractivity (Wildman–Crippen MR) is 123 cm³/mol. The summed E-state index contributed by atoms with van der Waals surface area (Å²) in [6.45, 7) is 7.88. The Labute approximate surface area is 189 Å².